The van der Waals surface area contributed by atoms with Gasteiger partial charge in [0.25, 0.3) is 5.91 Å². The van der Waals surface area contributed by atoms with E-state index >= 15 is 0 Å². The summed E-state index contributed by atoms with van der Waals surface area (Å²) < 4.78 is 26.3. The topological polar surface area (TPSA) is 76.1 Å². The van der Waals surface area contributed by atoms with Crippen molar-refractivity contribution in [1.82, 2.24) is 4.98 Å². The van der Waals surface area contributed by atoms with Gasteiger partial charge in [0.1, 0.15) is 0 Å². The third-order valence-electron chi connectivity index (χ3n) is 4.43. The van der Waals surface area contributed by atoms with Crippen LogP contribution in [0.15, 0.2) is 94.9 Å². The molecule has 0 radical (unpaired) electrons. The van der Waals surface area contributed by atoms with Gasteiger partial charge in [0, 0.05) is 22.2 Å². The van der Waals surface area contributed by atoms with Crippen LogP contribution in [-0.2, 0) is 9.84 Å². The average Bonchev–Trinajstić information content (AvgIpc) is 2.74. The molecule has 0 atom stereocenters. The molecular weight excluding hydrogens is 408 g/mol. The SMILES string of the molecule is O=C(Nc1ccc(S(=O)(=O)c2ccc(Cl)cc2)c2cccnc12)c1ccccc1. The standard InChI is InChI=1S/C22H15ClN2O3S/c23-16-8-10-17(11-9-16)29(27,28)20-13-12-19(21-18(20)7-4-14-24-21)25-22(26)15-5-2-1-3-6-15/h1-14H,(H,25,26). The minimum atomic E-state index is -3.79. The lowest BCUT2D eigenvalue weighted by Gasteiger charge is -2.12. The maximum Gasteiger partial charge on any atom is 0.255 e. The van der Waals surface area contributed by atoms with Gasteiger partial charge in [-0.05, 0) is 60.7 Å². The average molecular weight is 423 g/mol. The van der Waals surface area contributed by atoms with E-state index in [0.29, 0.717) is 27.2 Å². The van der Waals surface area contributed by atoms with Crippen LogP contribution in [0.4, 0.5) is 5.69 Å². The Morgan fingerprint density at radius 1 is 0.862 bits per heavy atom. The van der Waals surface area contributed by atoms with E-state index in [1.165, 1.54) is 30.3 Å². The van der Waals surface area contributed by atoms with E-state index < -0.39 is 9.84 Å². The number of hydrogen-bond acceptors (Lipinski definition) is 4. The van der Waals surface area contributed by atoms with Gasteiger partial charge in [-0.2, -0.15) is 0 Å². The number of sulfone groups is 1. The largest absolute Gasteiger partial charge is 0.320 e. The number of carbonyl (C=O) groups excluding carboxylic acids is 1. The number of nitrogens with one attached hydrogen (secondary N) is 1. The number of halogens is 1. The number of aromatic nitrogens is 1. The molecule has 0 saturated carbocycles. The number of fused-ring (bicyclic) bond motifs is 1. The van der Waals surface area contributed by atoms with Crippen molar-refractivity contribution in [2.24, 2.45) is 0 Å². The molecule has 4 aromatic rings. The highest BCUT2D eigenvalue weighted by Crippen LogP contribution is 2.32. The second-order valence-corrected chi connectivity index (χ2v) is 8.64. The molecule has 5 nitrogen and oxygen atoms in total. The van der Waals surface area contributed by atoms with Crippen LogP contribution >= 0.6 is 11.6 Å². The molecule has 0 aliphatic rings. The van der Waals surface area contributed by atoms with Crippen LogP contribution in [0.2, 0.25) is 5.02 Å². The first kappa shape index (κ1) is 19.1. The lowest BCUT2D eigenvalue weighted by atomic mass is 10.1. The van der Waals surface area contributed by atoms with Crippen molar-refractivity contribution in [3.05, 3.63) is 95.6 Å². The molecule has 0 unspecified atom stereocenters. The van der Waals surface area contributed by atoms with Crippen LogP contribution in [0.5, 0.6) is 0 Å². The molecule has 0 aliphatic heterocycles. The van der Waals surface area contributed by atoms with E-state index in [4.69, 9.17) is 11.6 Å². The zero-order chi connectivity index (χ0) is 20.4. The van der Waals surface area contributed by atoms with Gasteiger partial charge in [-0.25, -0.2) is 8.42 Å². The molecule has 7 heteroatoms. The lowest BCUT2D eigenvalue weighted by molar-refractivity contribution is 0.102. The quantitative estimate of drug-likeness (QED) is 0.503. The van der Waals surface area contributed by atoms with E-state index in [0.717, 1.165) is 0 Å². The highest BCUT2D eigenvalue weighted by Gasteiger charge is 2.22. The van der Waals surface area contributed by atoms with Crippen molar-refractivity contribution in [3.8, 4) is 0 Å². The Hall–Kier alpha value is -3.22. The number of carbonyl (C=O) groups is 1. The molecule has 1 amide bonds. The Morgan fingerprint density at radius 2 is 1.59 bits per heavy atom. The molecule has 144 valence electrons. The maximum atomic E-state index is 13.2. The first-order chi connectivity index (χ1) is 14.0. The fourth-order valence-corrected chi connectivity index (χ4v) is 4.58. The molecule has 0 spiro atoms. The van der Waals surface area contributed by atoms with Gasteiger partial charge in [-0.1, -0.05) is 29.8 Å². The van der Waals surface area contributed by atoms with E-state index in [1.54, 1.807) is 48.7 Å². The minimum absolute atomic E-state index is 0.112. The fourth-order valence-electron chi connectivity index (χ4n) is 3.01. The smallest absolute Gasteiger partial charge is 0.255 e. The van der Waals surface area contributed by atoms with Crippen LogP contribution in [0.1, 0.15) is 10.4 Å². The lowest BCUT2D eigenvalue weighted by Crippen LogP contribution is -2.13. The highest BCUT2D eigenvalue weighted by molar-refractivity contribution is 7.91. The summed E-state index contributed by atoms with van der Waals surface area (Å²) in [7, 11) is -3.79. The maximum absolute atomic E-state index is 13.2. The number of anilines is 1. The third kappa shape index (κ3) is 3.72. The Balaban J connectivity index is 1.80. The van der Waals surface area contributed by atoms with E-state index in [-0.39, 0.29) is 15.7 Å². The molecule has 1 heterocycles. The Labute approximate surface area is 172 Å². The molecule has 0 aliphatic carbocycles. The van der Waals surface area contributed by atoms with Gasteiger partial charge < -0.3 is 5.32 Å². The van der Waals surface area contributed by atoms with Crippen LogP contribution in [0.25, 0.3) is 10.9 Å². The zero-order valence-corrected chi connectivity index (χ0v) is 16.6. The Bertz CT molecular complexity index is 1310. The summed E-state index contributed by atoms with van der Waals surface area (Å²) in [5, 5.41) is 3.69. The van der Waals surface area contributed by atoms with E-state index in [2.05, 4.69) is 10.3 Å². The monoisotopic (exact) mass is 422 g/mol. The summed E-state index contributed by atoms with van der Waals surface area (Å²) >= 11 is 5.88. The van der Waals surface area contributed by atoms with Crippen LogP contribution in [0.3, 0.4) is 0 Å². The van der Waals surface area contributed by atoms with Crippen LogP contribution < -0.4 is 5.32 Å². The van der Waals surface area contributed by atoms with Gasteiger partial charge in [0.05, 0.1) is 21.0 Å². The highest BCUT2D eigenvalue weighted by atomic mass is 35.5. The van der Waals surface area contributed by atoms with Gasteiger partial charge in [0.2, 0.25) is 9.84 Å². The van der Waals surface area contributed by atoms with E-state index in [1.807, 2.05) is 6.07 Å². The summed E-state index contributed by atoms with van der Waals surface area (Å²) in [6.45, 7) is 0. The van der Waals surface area contributed by atoms with Gasteiger partial charge >= 0.3 is 0 Å². The van der Waals surface area contributed by atoms with Gasteiger partial charge in [-0.3, -0.25) is 9.78 Å². The van der Waals surface area contributed by atoms with E-state index in [9.17, 15) is 13.2 Å². The Kier molecular flexibility index (Phi) is 5.05. The van der Waals surface area contributed by atoms with Crippen molar-refractivity contribution in [2.45, 2.75) is 9.79 Å². The van der Waals surface area contributed by atoms with Gasteiger partial charge in [0.15, 0.2) is 0 Å². The zero-order valence-electron chi connectivity index (χ0n) is 15.0. The molecule has 0 saturated heterocycles. The summed E-state index contributed by atoms with van der Waals surface area (Å²) in [6.07, 6.45) is 1.55. The van der Waals surface area contributed by atoms with Crippen LogP contribution in [-0.4, -0.2) is 19.3 Å². The van der Waals surface area contributed by atoms with Gasteiger partial charge in [-0.15, -0.1) is 0 Å². The van der Waals surface area contributed by atoms with Crippen molar-refractivity contribution in [3.63, 3.8) is 0 Å². The third-order valence-corrected chi connectivity index (χ3v) is 6.51. The number of benzene rings is 3. The molecule has 3 aromatic carbocycles. The molecule has 0 bridgehead atoms. The molecule has 1 N–H and O–H groups in total. The second kappa shape index (κ2) is 7.66. The van der Waals surface area contributed by atoms with Crippen molar-refractivity contribution in [1.29, 1.82) is 0 Å². The predicted octanol–water partition coefficient (Wildman–Crippen LogP) is 4.97. The number of amides is 1. The molecule has 0 fully saturated rings. The van der Waals surface area contributed by atoms with Crippen LogP contribution in [0, 0.1) is 0 Å². The predicted molar refractivity (Wildman–Crippen MR) is 113 cm³/mol. The van der Waals surface area contributed by atoms with Crippen molar-refractivity contribution < 1.29 is 13.2 Å². The fraction of sp³-hybridized carbons (Fsp3) is 0. The number of rotatable bonds is 4. The first-order valence-electron chi connectivity index (χ1n) is 8.71. The van der Waals surface area contributed by atoms with Crippen molar-refractivity contribution >= 4 is 43.9 Å². The number of hydrogen-bond donors (Lipinski definition) is 1. The summed E-state index contributed by atoms with van der Waals surface area (Å²) in [6, 6.07) is 21.1. The minimum Gasteiger partial charge on any atom is -0.320 e. The second-order valence-electron chi connectivity index (χ2n) is 6.29. The first-order valence-corrected chi connectivity index (χ1v) is 10.6. The summed E-state index contributed by atoms with van der Waals surface area (Å²) in [5.41, 5.74) is 1.32. The Morgan fingerprint density at radius 3 is 2.31 bits per heavy atom. The molecule has 1 aromatic heterocycles. The summed E-state index contributed by atoms with van der Waals surface area (Å²) in [5.74, 6) is -0.300. The normalized spacial score (nSPS) is 11.3. The molecule has 29 heavy (non-hydrogen) atoms. The summed E-state index contributed by atoms with van der Waals surface area (Å²) in [4.78, 5) is 17.1. The molecule has 4 rings (SSSR count). The van der Waals surface area contributed by atoms with Crippen molar-refractivity contribution in [2.75, 3.05) is 5.32 Å². The number of nitrogens with zero attached hydrogens (tertiary/aromatic N) is 1. The molecular formula is C22H15ClN2O3S. The number of pyridine rings is 1.